The standard InChI is InChI=1S/C23H31ClFN3O6/c1-27(8-3-4-14(30)12-29)23(33)19-15-7-9-28(11-13-5-6-17(25)16(24)10-13)22(32)18(15)20(34-2)21(31)26-19/h5-6,10,14,21-22,26,29-32H,3-4,7-9,11-12H2,1-2H3/t14-,21?,22?/m0/s1. The van der Waals surface area contributed by atoms with Crippen LogP contribution in [-0.2, 0) is 16.1 Å². The van der Waals surface area contributed by atoms with E-state index in [0.717, 1.165) is 0 Å². The molecule has 2 aliphatic heterocycles. The Bertz CT molecular complexity index is 972. The molecule has 34 heavy (non-hydrogen) atoms. The number of methoxy groups -OCH3 is 1. The number of fused-ring (bicyclic) bond motifs is 1. The predicted octanol–water partition coefficient (Wildman–Crippen LogP) is 0.671. The molecule has 2 unspecified atom stereocenters. The van der Waals surface area contributed by atoms with Crippen LogP contribution >= 0.6 is 11.6 Å². The van der Waals surface area contributed by atoms with Gasteiger partial charge in [0, 0.05) is 32.3 Å². The topological polar surface area (TPSA) is 126 Å². The largest absolute Gasteiger partial charge is 0.496 e. The van der Waals surface area contributed by atoms with Gasteiger partial charge in [-0.15, -0.1) is 0 Å². The van der Waals surface area contributed by atoms with E-state index in [1.807, 2.05) is 0 Å². The SMILES string of the molecule is COC1=C2C(=C(C(=O)N(C)CCC[C@H](O)CO)NC1O)CCN(Cc1ccc(F)c(Cl)c1)C2O. The molecule has 1 aromatic carbocycles. The lowest BCUT2D eigenvalue weighted by Crippen LogP contribution is -2.50. The highest BCUT2D eigenvalue weighted by Gasteiger charge is 2.40. The summed E-state index contributed by atoms with van der Waals surface area (Å²) in [6, 6.07) is 4.34. The van der Waals surface area contributed by atoms with Crippen molar-refractivity contribution in [3.8, 4) is 0 Å². The van der Waals surface area contributed by atoms with Gasteiger partial charge in [0.2, 0.25) is 0 Å². The van der Waals surface area contributed by atoms with E-state index in [2.05, 4.69) is 5.32 Å². The Morgan fingerprint density at radius 3 is 2.79 bits per heavy atom. The summed E-state index contributed by atoms with van der Waals surface area (Å²) in [6.07, 6.45) is -2.12. The zero-order valence-corrected chi connectivity index (χ0v) is 19.9. The number of hydrogen-bond donors (Lipinski definition) is 5. The van der Waals surface area contributed by atoms with Gasteiger partial charge >= 0.3 is 0 Å². The number of aliphatic hydroxyl groups excluding tert-OH is 4. The third-order valence-electron chi connectivity index (χ3n) is 6.07. The second kappa shape index (κ2) is 11.5. The molecule has 1 fully saturated rings. The molecule has 2 aliphatic rings. The van der Waals surface area contributed by atoms with Gasteiger partial charge in [-0.05, 0) is 42.5 Å². The summed E-state index contributed by atoms with van der Waals surface area (Å²) in [7, 11) is 2.98. The monoisotopic (exact) mass is 499 g/mol. The van der Waals surface area contributed by atoms with E-state index < -0.39 is 24.4 Å². The molecule has 0 saturated carbocycles. The van der Waals surface area contributed by atoms with Crippen LogP contribution < -0.4 is 5.32 Å². The first-order valence-electron chi connectivity index (χ1n) is 11.0. The average Bonchev–Trinajstić information content (AvgIpc) is 2.82. The van der Waals surface area contributed by atoms with Gasteiger partial charge in [0.1, 0.15) is 17.7 Å². The van der Waals surface area contributed by atoms with Gasteiger partial charge in [-0.3, -0.25) is 9.69 Å². The lowest BCUT2D eigenvalue weighted by atomic mass is 9.89. The number of benzene rings is 1. The second-order valence-electron chi connectivity index (χ2n) is 8.43. The number of amides is 1. The zero-order valence-electron chi connectivity index (χ0n) is 19.2. The highest BCUT2D eigenvalue weighted by atomic mass is 35.5. The van der Waals surface area contributed by atoms with E-state index in [4.69, 9.17) is 21.4 Å². The number of ether oxygens (including phenoxy) is 1. The van der Waals surface area contributed by atoms with Crippen LogP contribution in [0.25, 0.3) is 0 Å². The van der Waals surface area contributed by atoms with Crippen molar-refractivity contribution in [1.82, 2.24) is 15.1 Å². The van der Waals surface area contributed by atoms with Crippen LogP contribution in [0.5, 0.6) is 0 Å². The maximum Gasteiger partial charge on any atom is 0.270 e. The fraction of sp³-hybridized carbons (Fsp3) is 0.522. The maximum atomic E-state index is 13.5. The molecule has 5 N–H and O–H groups in total. The Morgan fingerprint density at radius 2 is 2.15 bits per heavy atom. The number of halogens is 2. The fourth-order valence-corrected chi connectivity index (χ4v) is 4.42. The van der Waals surface area contributed by atoms with Gasteiger partial charge in [-0.25, -0.2) is 4.39 Å². The van der Waals surface area contributed by atoms with Gasteiger partial charge in [0.05, 0.1) is 24.8 Å². The number of aliphatic hydroxyl groups is 4. The van der Waals surface area contributed by atoms with Crippen LogP contribution in [-0.4, -0.2) is 88.5 Å². The number of likely N-dealkylation sites (tertiary alicyclic amines) is 1. The molecule has 0 radical (unpaired) electrons. The number of rotatable bonds is 9. The predicted molar refractivity (Wildman–Crippen MR) is 123 cm³/mol. The molecule has 9 nitrogen and oxygen atoms in total. The summed E-state index contributed by atoms with van der Waals surface area (Å²) in [5, 5.41) is 43.0. The Morgan fingerprint density at radius 1 is 1.41 bits per heavy atom. The molecule has 11 heteroatoms. The van der Waals surface area contributed by atoms with Crippen molar-refractivity contribution in [2.24, 2.45) is 0 Å². The average molecular weight is 500 g/mol. The van der Waals surface area contributed by atoms with E-state index in [0.29, 0.717) is 49.1 Å². The Hall–Kier alpha value is -2.21. The van der Waals surface area contributed by atoms with Crippen LogP contribution in [0.15, 0.2) is 40.8 Å². The lowest BCUT2D eigenvalue weighted by Gasteiger charge is -2.41. The fourth-order valence-electron chi connectivity index (χ4n) is 4.22. The van der Waals surface area contributed by atoms with Crippen molar-refractivity contribution in [2.75, 3.05) is 33.9 Å². The summed E-state index contributed by atoms with van der Waals surface area (Å²) in [4.78, 5) is 16.3. The summed E-state index contributed by atoms with van der Waals surface area (Å²) in [5.41, 5.74) is 1.75. The molecule has 1 amide bonds. The van der Waals surface area contributed by atoms with Crippen molar-refractivity contribution in [2.45, 2.75) is 44.4 Å². The minimum absolute atomic E-state index is 0.0129. The van der Waals surface area contributed by atoms with Crippen molar-refractivity contribution in [3.63, 3.8) is 0 Å². The van der Waals surface area contributed by atoms with Gasteiger partial charge in [0.15, 0.2) is 12.0 Å². The number of likely N-dealkylation sites (N-methyl/N-ethyl adjacent to an activating group) is 1. The zero-order chi connectivity index (χ0) is 25.0. The van der Waals surface area contributed by atoms with E-state index in [1.165, 1.54) is 24.1 Å². The van der Waals surface area contributed by atoms with Gasteiger partial charge in [-0.1, -0.05) is 17.7 Å². The molecule has 1 saturated heterocycles. The van der Waals surface area contributed by atoms with Gasteiger partial charge in [-0.2, -0.15) is 0 Å². The molecular weight excluding hydrogens is 469 g/mol. The van der Waals surface area contributed by atoms with Gasteiger partial charge in [0.25, 0.3) is 5.91 Å². The summed E-state index contributed by atoms with van der Waals surface area (Å²) in [5.74, 6) is -0.778. The number of carbonyl (C=O) groups is 1. The molecule has 0 aromatic heterocycles. The molecule has 188 valence electrons. The van der Waals surface area contributed by atoms with E-state index in [9.17, 15) is 24.5 Å². The van der Waals surface area contributed by atoms with E-state index in [1.54, 1.807) is 18.0 Å². The number of nitrogens with zero attached hydrogens (tertiary/aromatic N) is 2. The molecule has 3 atom stereocenters. The second-order valence-corrected chi connectivity index (χ2v) is 8.84. The number of carbonyl (C=O) groups excluding carboxylic acids is 1. The molecule has 0 aliphatic carbocycles. The first kappa shape index (κ1) is 26.4. The molecule has 0 bridgehead atoms. The van der Waals surface area contributed by atoms with E-state index >= 15 is 0 Å². The molecule has 0 spiro atoms. The maximum absolute atomic E-state index is 13.5. The number of nitrogens with one attached hydrogen (secondary N) is 1. The first-order valence-corrected chi connectivity index (χ1v) is 11.4. The van der Waals surface area contributed by atoms with Crippen LogP contribution in [0.3, 0.4) is 0 Å². The van der Waals surface area contributed by atoms with Crippen LogP contribution in [0.1, 0.15) is 24.8 Å². The molecule has 2 heterocycles. The Balaban J connectivity index is 1.83. The summed E-state index contributed by atoms with van der Waals surface area (Å²) >= 11 is 5.89. The van der Waals surface area contributed by atoms with Crippen LogP contribution in [0, 0.1) is 5.82 Å². The minimum Gasteiger partial charge on any atom is -0.496 e. The first-order chi connectivity index (χ1) is 16.2. The third kappa shape index (κ3) is 5.70. The highest BCUT2D eigenvalue weighted by Crippen LogP contribution is 2.36. The van der Waals surface area contributed by atoms with Crippen LogP contribution in [0.2, 0.25) is 5.02 Å². The Labute approximate surface area is 202 Å². The van der Waals surface area contributed by atoms with E-state index in [-0.39, 0.29) is 35.5 Å². The van der Waals surface area contributed by atoms with Crippen molar-refractivity contribution < 1.29 is 34.3 Å². The quantitative estimate of drug-likeness (QED) is 0.336. The highest BCUT2D eigenvalue weighted by molar-refractivity contribution is 6.30. The number of dihydropyridines is 1. The van der Waals surface area contributed by atoms with Crippen molar-refractivity contribution in [3.05, 3.63) is 57.2 Å². The van der Waals surface area contributed by atoms with Crippen molar-refractivity contribution >= 4 is 17.5 Å². The number of piperidine rings is 1. The molecular formula is C23H31ClFN3O6. The molecule has 1 aromatic rings. The van der Waals surface area contributed by atoms with Gasteiger partial charge < -0.3 is 35.4 Å². The third-order valence-corrected chi connectivity index (χ3v) is 6.36. The van der Waals surface area contributed by atoms with Crippen LogP contribution in [0.4, 0.5) is 4.39 Å². The summed E-state index contributed by atoms with van der Waals surface area (Å²) < 4.78 is 18.9. The normalized spacial score (nSPS) is 21.8. The Kier molecular flexibility index (Phi) is 8.91. The number of hydrogen-bond acceptors (Lipinski definition) is 8. The smallest absolute Gasteiger partial charge is 0.270 e. The lowest BCUT2D eigenvalue weighted by molar-refractivity contribution is -0.127. The van der Waals surface area contributed by atoms with Crippen molar-refractivity contribution in [1.29, 1.82) is 0 Å². The summed E-state index contributed by atoms with van der Waals surface area (Å²) in [6.45, 7) is 0.662. The molecule has 3 rings (SSSR count). The minimum atomic E-state index is -1.33.